The van der Waals surface area contributed by atoms with Crippen molar-refractivity contribution in [3.05, 3.63) is 54.4 Å². The number of rotatable bonds is 5. The predicted octanol–water partition coefficient (Wildman–Crippen LogP) is 3.57. The zero-order chi connectivity index (χ0) is 16.1. The van der Waals surface area contributed by atoms with Crippen LogP contribution in [0.15, 0.2) is 48.8 Å². The molecule has 1 aliphatic rings. The van der Waals surface area contributed by atoms with Gasteiger partial charge in [0.2, 0.25) is 5.91 Å². The largest absolute Gasteiger partial charge is 0.489 e. The molecule has 136 valence electrons. The average molecular weight is 384 g/mol. The van der Waals surface area contributed by atoms with Crippen LogP contribution < -0.4 is 15.8 Å². The number of nitrogens with one attached hydrogen (secondary N) is 1. The molecular formula is C18H23Cl2N3O2. The lowest BCUT2D eigenvalue weighted by molar-refractivity contribution is -0.119. The number of carbonyl (C=O) groups is 1. The van der Waals surface area contributed by atoms with Crippen molar-refractivity contribution in [1.29, 1.82) is 0 Å². The molecular weight excluding hydrogens is 361 g/mol. The third-order valence-electron chi connectivity index (χ3n) is 4.07. The summed E-state index contributed by atoms with van der Waals surface area (Å²) < 4.78 is 5.75. The van der Waals surface area contributed by atoms with Crippen LogP contribution in [-0.4, -0.2) is 16.9 Å². The molecule has 1 saturated carbocycles. The second-order valence-electron chi connectivity index (χ2n) is 5.94. The smallest absolute Gasteiger partial charge is 0.227 e. The fourth-order valence-electron chi connectivity index (χ4n) is 2.81. The number of aromatic nitrogens is 1. The zero-order valence-electron chi connectivity index (χ0n) is 13.8. The van der Waals surface area contributed by atoms with Gasteiger partial charge in [-0.1, -0.05) is 12.1 Å². The Kier molecular flexibility index (Phi) is 8.69. The highest BCUT2D eigenvalue weighted by Crippen LogP contribution is 2.26. The molecule has 3 rings (SSSR count). The lowest BCUT2D eigenvalue weighted by atomic mass is 10.1. The molecule has 0 spiro atoms. The van der Waals surface area contributed by atoms with Gasteiger partial charge in [-0.05, 0) is 37.5 Å². The Bertz CT molecular complexity index is 670. The maximum absolute atomic E-state index is 12.2. The SMILES string of the molecule is Cl.Cl.NC1CCC(C(=O)Nc2cccc(OCc3cccnc3)c2)C1. The second kappa shape index (κ2) is 10.2. The number of nitrogens with two attached hydrogens (primary N) is 1. The van der Waals surface area contributed by atoms with E-state index in [1.54, 1.807) is 12.4 Å². The monoisotopic (exact) mass is 383 g/mol. The maximum Gasteiger partial charge on any atom is 0.227 e. The van der Waals surface area contributed by atoms with Gasteiger partial charge in [-0.2, -0.15) is 0 Å². The van der Waals surface area contributed by atoms with E-state index in [1.807, 2.05) is 36.4 Å². The first-order valence-corrected chi connectivity index (χ1v) is 7.89. The Balaban J connectivity index is 0.00000156. The molecule has 5 nitrogen and oxygen atoms in total. The van der Waals surface area contributed by atoms with Gasteiger partial charge >= 0.3 is 0 Å². The van der Waals surface area contributed by atoms with Gasteiger partial charge in [-0.25, -0.2) is 0 Å². The normalized spacial score (nSPS) is 18.6. The Morgan fingerprint density at radius 2 is 2.08 bits per heavy atom. The summed E-state index contributed by atoms with van der Waals surface area (Å²) in [6.07, 6.45) is 6.06. The van der Waals surface area contributed by atoms with Crippen LogP contribution in [0.1, 0.15) is 24.8 Å². The standard InChI is InChI=1S/C18H21N3O2.2ClH/c19-15-7-6-14(9-15)18(22)21-16-4-1-5-17(10-16)23-12-13-3-2-8-20-11-13;;/h1-5,8,10-11,14-15H,6-7,9,12,19H2,(H,21,22);2*1H. The van der Waals surface area contributed by atoms with E-state index in [-0.39, 0.29) is 42.7 Å². The van der Waals surface area contributed by atoms with Crippen molar-refractivity contribution >= 4 is 36.4 Å². The summed E-state index contributed by atoms with van der Waals surface area (Å²) >= 11 is 0. The van der Waals surface area contributed by atoms with E-state index >= 15 is 0 Å². The number of ether oxygens (including phenoxy) is 1. The summed E-state index contributed by atoms with van der Waals surface area (Å²) in [5, 5.41) is 2.96. The van der Waals surface area contributed by atoms with Gasteiger partial charge in [0.15, 0.2) is 0 Å². The van der Waals surface area contributed by atoms with Gasteiger partial charge < -0.3 is 15.8 Å². The van der Waals surface area contributed by atoms with Crippen molar-refractivity contribution in [2.45, 2.75) is 31.9 Å². The summed E-state index contributed by atoms with van der Waals surface area (Å²) in [6.45, 7) is 0.447. The molecule has 2 aromatic rings. The number of anilines is 1. The van der Waals surface area contributed by atoms with Gasteiger partial charge in [0.05, 0.1) is 0 Å². The lowest BCUT2D eigenvalue weighted by Gasteiger charge is -2.12. The van der Waals surface area contributed by atoms with Crippen LogP contribution in [0.4, 0.5) is 5.69 Å². The van der Waals surface area contributed by atoms with Crippen LogP contribution in [0.5, 0.6) is 5.75 Å². The van der Waals surface area contributed by atoms with E-state index in [2.05, 4.69) is 10.3 Å². The Labute approximate surface area is 160 Å². The molecule has 2 unspecified atom stereocenters. The van der Waals surface area contributed by atoms with E-state index in [0.29, 0.717) is 6.61 Å². The first kappa shape index (κ1) is 21.2. The lowest BCUT2D eigenvalue weighted by Crippen LogP contribution is -2.23. The van der Waals surface area contributed by atoms with Gasteiger partial charge in [0.1, 0.15) is 12.4 Å². The third kappa shape index (κ3) is 6.20. The van der Waals surface area contributed by atoms with Crippen molar-refractivity contribution < 1.29 is 9.53 Å². The van der Waals surface area contributed by atoms with E-state index in [1.165, 1.54) is 0 Å². The summed E-state index contributed by atoms with van der Waals surface area (Å²) in [5.41, 5.74) is 7.62. The fraction of sp³-hybridized carbons (Fsp3) is 0.333. The van der Waals surface area contributed by atoms with Crippen molar-refractivity contribution in [2.24, 2.45) is 11.7 Å². The number of hydrogen-bond donors (Lipinski definition) is 2. The van der Waals surface area contributed by atoms with Gasteiger partial charge in [-0.15, -0.1) is 24.8 Å². The maximum atomic E-state index is 12.2. The minimum atomic E-state index is 0. The van der Waals surface area contributed by atoms with E-state index < -0.39 is 0 Å². The highest BCUT2D eigenvalue weighted by molar-refractivity contribution is 5.92. The number of nitrogens with zero attached hydrogens (tertiary/aromatic N) is 1. The molecule has 1 aromatic heterocycles. The molecule has 1 aliphatic carbocycles. The number of pyridine rings is 1. The van der Waals surface area contributed by atoms with E-state index in [0.717, 1.165) is 36.3 Å². The molecule has 2 atom stereocenters. The van der Waals surface area contributed by atoms with Crippen molar-refractivity contribution in [1.82, 2.24) is 4.98 Å². The molecule has 0 bridgehead atoms. The van der Waals surface area contributed by atoms with Crippen molar-refractivity contribution in [3.63, 3.8) is 0 Å². The number of halogens is 2. The van der Waals surface area contributed by atoms with Crippen molar-refractivity contribution in [3.8, 4) is 5.75 Å². The highest BCUT2D eigenvalue weighted by Gasteiger charge is 2.27. The molecule has 3 N–H and O–H groups in total. The van der Waals surface area contributed by atoms with Gasteiger partial charge in [0.25, 0.3) is 0 Å². The molecule has 0 radical (unpaired) electrons. The number of amides is 1. The molecule has 0 saturated heterocycles. The summed E-state index contributed by atoms with van der Waals surface area (Å²) in [7, 11) is 0. The number of benzene rings is 1. The van der Waals surface area contributed by atoms with E-state index in [9.17, 15) is 4.79 Å². The molecule has 7 heteroatoms. The zero-order valence-corrected chi connectivity index (χ0v) is 15.4. The van der Waals surface area contributed by atoms with Gasteiger partial charge in [0, 0.05) is 41.7 Å². The van der Waals surface area contributed by atoms with E-state index in [4.69, 9.17) is 10.5 Å². The Hall–Kier alpha value is -1.82. The molecule has 25 heavy (non-hydrogen) atoms. The first-order valence-electron chi connectivity index (χ1n) is 7.89. The highest BCUT2D eigenvalue weighted by atomic mass is 35.5. The number of carbonyl (C=O) groups excluding carboxylic acids is 1. The predicted molar refractivity (Wildman–Crippen MR) is 103 cm³/mol. The van der Waals surface area contributed by atoms with Crippen LogP contribution in [-0.2, 0) is 11.4 Å². The topological polar surface area (TPSA) is 77.2 Å². The molecule has 1 amide bonds. The molecule has 0 aliphatic heterocycles. The van der Waals surface area contributed by atoms with Crippen molar-refractivity contribution in [2.75, 3.05) is 5.32 Å². The quantitative estimate of drug-likeness (QED) is 0.826. The average Bonchev–Trinajstić information content (AvgIpc) is 3.01. The number of hydrogen-bond acceptors (Lipinski definition) is 4. The van der Waals surface area contributed by atoms with Crippen LogP contribution >= 0.6 is 24.8 Å². The first-order chi connectivity index (χ1) is 11.2. The Morgan fingerprint density at radius 1 is 1.24 bits per heavy atom. The second-order valence-corrected chi connectivity index (χ2v) is 5.94. The molecule has 1 heterocycles. The Morgan fingerprint density at radius 3 is 2.76 bits per heavy atom. The summed E-state index contributed by atoms with van der Waals surface area (Å²) in [4.78, 5) is 16.3. The van der Waals surface area contributed by atoms with Crippen LogP contribution in [0.25, 0.3) is 0 Å². The molecule has 1 fully saturated rings. The van der Waals surface area contributed by atoms with Crippen LogP contribution in [0.3, 0.4) is 0 Å². The fourth-order valence-corrected chi connectivity index (χ4v) is 2.81. The van der Waals surface area contributed by atoms with Gasteiger partial charge in [-0.3, -0.25) is 9.78 Å². The minimum Gasteiger partial charge on any atom is -0.489 e. The summed E-state index contributed by atoms with van der Waals surface area (Å²) in [5.74, 6) is 0.780. The third-order valence-corrected chi connectivity index (χ3v) is 4.07. The summed E-state index contributed by atoms with van der Waals surface area (Å²) in [6, 6.07) is 11.4. The van der Waals surface area contributed by atoms with Crippen LogP contribution in [0, 0.1) is 5.92 Å². The minimum absolute atomic E-state index is 0. The molecule has 1 aromatic carbocycles. The van der Waals surface area contributed by atoms with Crippen LogP contribution in [0.2, 0.25) is 0 Å².